The Morgan fingerprint density at radius 1 is 1.41 bits per heavy atom. The number of aliphatic carboxylic acids is 1. The molecule has 100 valence electrons. The van der Waals surface area contributed by atoms with Crippen LogP contribution >= 0.6 is 0 Å². The van der Waals surface area contributed by atoms with Gasteiger partial charge in [0.05, 0.1) is 12.2 Å². The molecule has 0 aliphatic rings. The van der Waals surface area contributed by atoms with Gasteiger partial charge in [-0.05, 0) is 13.3 Å². The maximum absolute atomic E-state index is 11.0. The molecule has 8 heteroatoms. The number of aliphatic imine (C=N–C) groups is 1. The highest BCUT2D eigenvalue weighted by Crippen LogP contribution is 2.18. The lowest BCUT2D eigenvalue weighted by molar-refractivity contribution is -0.150. The van der Waals surface area contributed by atoms with E-state index in [1.807, 2.05) is 0 Å². The van der Waals surface area contributed by atoms with Crippen molar-refractivity contribution in [2.24, 2.45) is 22.2 Å². The van der Waals surface area contributed by atoms with Gasteiger partial charge in [-0.3, -0.25) is 9.79 Å². The van der Waals surface area contributed by atoms with Crippen molar-refractivity contribution in [2.45, 2.75) is 37.5 Å². The number of guanidine groups is 1. The van der Waals surface area contributed by atoms with Crippen LogP contribution in [0.2, 0.25) is 0 Å². The molecule has 0 saturated carbocycles. The minimum absolute atomic E-state index is 0.00653. The van der Waals surface area contributed by atoms with Gasteiger partial charge in [-0.2, -0.15) is 0 Å². The second-order valence-corrected chi connectivity index (χ2v) is 4.01. The molecular weight excluding hydrogens is 228 g/mol. The first kappa shape index (κ1) is 15.6. The number of nitrogens with two attached hydrogens (primary N) is 3. The van der Waals surface area contributed by atoms with Gasteiger partial charge in [-0.1, -0.05) is 0 Å². The van der Waals surface area contributed by atoms with Crippen LogP contribution in [0.4, 0.5) is 0 Å². The monoisotopic (exact) mass is 248 g/mol. The number of hydrogen-bond donors (Lipinski definition) is 6. The van der Waals surface area contributed by atoms with Crippen LogP contribution in [0.15, 0.2) is 4.99 Å². The first-order valence-electron chi connectivity index (χ1n) is 5.14. The van der Waals surface area contributed by atoms with Gasteiger partial charge in [0.25, 0.3) is 0 Å². The zero-order valence-corrected chi connectivity index (χ0v) is 9.71. The van der Waals surface area contributed by atoms with E-state index < -0.39 is 23.7 Å². The molecule has 0 spiro atoms. The smallest absolute Gasteiger partial charge is 0.326 e. The Bertz CT molecular complexity index is 291. The van der Waals surface area contributed by atoms with Crippen molar-refractivity contribution in [3.8, 4) is 0 Å². The van der Waals surface area contributed by atoms with Gasteiger partial charge in [0.2, 0.25) is 0 Å². The lowest BCUT2D eigenvalue weighted by atomic mass is 9.86. The molecule has 3 unspecified atom stereocenters. The molecule has 0 aromatic carbocycles. The number of hydrogen-bond acceptors (Lipinski definition) is 5. The summed E-state index contributed by atoms with van der Waals surface area (Å²) in [5.74, 6) is -1.53. The van der Waals surface area contributed by atoms with E-state index in [-0.39, 0.29) is 25.3 Å². The SMILES string of the molecule is CC(O)CC(N)(C(=O)O)C(O)CCN=C(N)N. The number of aliphatic hydroxyl groups is 2. The van der Waals surface area contributed by atoms with Crippen LogP contribution in [0.3, 0.4) is 0 Å². The van der Waals surface area contributed by atoms with Gasteiger partial charge in [0, 0.05) is 13.0 Å². The van der Waals surface area contributed by atoms with Crippen LogP contribution in [0.1, 0.15) is 19.8 Å². The van der Waals surface area contributed by atoms with Crippen molar-refractivity contribution in [3.63, 3.8) is 0 Å². The first-order chi connectivity index (χ1) is 7.70. The van der Waals surface area contributed by atoms with E-state index in [0.717, 1.165) is 0 Å². The van der Waals surface area contributed by atoms with Crippen LogP contribution in [0.5, 0.6) is 0 Å². The number of aliphatic hydroxyl groups excluding tert-OH is 2. The van der Waals surface area contributed by atoms with Gasteiger partial charge < -0.3 is 32.5 Å². The lowest BCUT2D eigenvalue weighted by Gasteiger charge is -2.30. The van der Waals surface area contributed by atoms with Crippen LogP contribution in [0, 0.1) is 0 Å². The summed E-state index contributed by atoms with van der Waals surface area (Å²) in [6, 6.07) is 0. The van der Waals surface area contributed by atoms with Gasteiger partial charge in [-0.25, -0.2) is 0 Å². The average molecular weight is 248 g/mol. The van der Waals surface area contributed by atoms with Crippen LogP contribution < -0.4 is 17.2 Å². The fourth-order valence-electron chi connectivity index (χ4n) is 1.43. The third-order valence-electron chi connectivity index (χ3n) is 2.32. The predicted molar refractivity (Wildman–Crippen MR) is 62.2 cm³/mol. The Morgan fingerprint density at radius 2 is 1.94 bits per heavy atom. The van der Waals surface area contributed by atoms with Gasteiger partial charge in [0.15, 0.2) is 5.96 Å². The van der Waals surface area contributed by atoms with E-state index in [4.69, 9.17) is 22.3 Å². The van der Waals surface area contributed by atoms with Crippen molar-refractivity contribution in [1.29, 1.82) is 0 Å². The topological polar surface area (TPSA) is 168 Å². The highest BCUT2D eigenvalue weighted by atomic mass is 16.4. The highest BCUT2D eigenvalue weighted by molar-refractivity contribution is 5.79. The summed E-state index contributed by atoms with van der Waals surface area (Å²) in [7, 11) is 0. The number of carboxylic acid groups (broad SMARTS) is 1. The summed E-state index contributed by atoms with van der Waals surface area (Å²) in [4.78, 5) is 14.6. The molecule has 0 radical (unpaired) electrons. The van der Waals surface area contributed by atoms with Gasteiger partial charge in [0.1, 0.15) is 5.54 Å². The minimum Gasteiger partial charge on any atom is -0.480 e. The van der Waals surface area contributed by atoms with Crippen LogP contribution in [-0.4, -0.2) is 51.5 Å². The largest absolute Gasteiger partial charge is 0.480 e. The molecule has 0 aliphatic heterocycles. The number of carboxylic acids is 1. The maximum Gasteiger partial charge on any atom is 0.326 e. The molecular formula is C9H20N4O4. The molecule has 0 saturated heterocycles. The molecule has 3 atom stereocenters. The summed E-state index contributed by atoms with van der Waals surface area (Å²) < 4.78 is 0. The van der Waals surface area contributed by atoms with Crippen molar-refractivity contribution < 1.29 is 20.1 Å². The molecule has 0 aliphatic carbocycles. The average Bonchev–Trinajstić information content (AvgIpc) is 2.15. The second kappa shape index (κ2) is 6.38. The van der Waals surface area contributed by atoms with E-state index in [1.54, 1.807) is 0 Å². The summed E-state index contributed by atoms with van der Waals surface area (Å²) in [5, 5.41) is 27.9. The summed E-state index contributed by atoms with van der Waals surface area (Å²) in [5.41, 5.74) is 13.8. The fraction of sp³-hybridized carbons (Fsp3) is 0.778. The van der Waals surface area contributed by atoms with E-state index in [0.29, 0.717) is 0 Å². The molecule has 0 amide bonds. The molecule has 9 N–H and O–H groups in total. The Morgan fingerprint density at radius 3 is 2.29 bits per heavy atom. The Labute approximate surface area is 99.1 Å². The summed E-state index contributed by atoms with van der Waals surface area (Å²) in [6.07, 6.45) is -2.55. The zero-order valence-electron chi connectivity index (χ0n) is 9.71. The van der Waals surface area contributed by atoms with Crippen molar-refractivity contribution in [2.75, 3.05) is 6.54 Å². The number of carbonyl (C=O) groups is 1. The Kier molecular flexibility index (Phi) is 5.86. The molecule has 0 rings (SSSR count). The predicted octanol–water partition coefficient (Wildman–Crippen LogP) is -2.44. The standard InChI is InChI=1S/C9H20N4O4/c1-5(14)4-9(12,7(16)17)6(15)2-3-13-8(10)11/h5-6,14-15H,2-4,12H2,1H3,(H,16,17)(H4,10,11,13). The molecule has 8 nitrogen and oxygen atoms in total. The third kappa shape index (κ3) is 4.98. The molecule has 0 heterocycles. The van der Waals surface area contributed by atoms with Crippen molar-refractivity contribution in [3.05, 3.63) is 0 Å². The highest BCUT2D eigenvalue weighted by Gasteiger charge is 2.42. The zero-order chi connectivity index (χ0) is 13.6. The summed E-state index contributed by atoms with van der Waals surface area (Å²) >= 11 is 0. The Hall–Kier alpha value is -1.38. The quantitative estimate of drug-likeness (QED) is 0.215. The molecule has 17 heavy (non-hydrogen) atoms. The second-order valence-electron chi connectivity index (χ2n) is 4.01. The fourth-order valence-corrected chi connectivity index (χ4v) is 1.43. The summed E-state index contributed by atoms with van der Waals surface area (Å²) in [6.45, 7) is 1.46. The maximum atomic E-state index is 11.0. The Balaban J connectivity index is 4.60. The molecule has 0 bridgehead atoms. The van der Waals surface area contributed by atoms with E-state index in [2.05, 4.69) is 4.99 Å². The molecule has 0 aromatic heterocycles. The van der Waals surface area contributed by atoms with Crippen LogP contribution in [0.25, 0.3) is 0 Å². The van der Waals surface area contributed by atoms with E-state index >= 15 is 0 Å². The van der Waals surface area contributed by atoms with Gasteiger partial charge >= 0.3 is 5.97 Å². The lowest BCUT2D eigenvalue weighted by Crippen LogP contribution is -2.59. The number of rotatable bonds is 7. The molecule has 0 fully saturated rings. The van der Waals surface area contributed by atoms with Crippen molar-refractivity contribution in [1.82, 2.24) is 0 Å². The normalized spacial score (nSPS) is 17.9. The minimum atomic E-state index is -1.91. The number of nitrogens with zero attached hydrogens (tertiary/aromatic N) is 1. The van der Waals surface area contributed by atoms with Gasteiger partial charge in [-0.15, -0.1) is 0 Å². The molecule has 0 aromatic rings. The van der Waals surface area contributed by atoms with E-state index in [1.165, 1.54) is 6.92 Å². The third-order valence-corrected chi connectivity index (χ3v) is 2.32. The van der Waals surface area contributed by atoms with E-state index in [9.17, 15) is 15.0 Å². The first-order valence-corrected chi connectivity index (χ1v) is 5.14. The van der Waals surface area contributed by atoms with Crippen molar-refractivity contribution >= 4 is 11.9 Å². The van der Waals surface area contributed by atoms with Crippen LogP contribution in [-0.2, 0) is 4.79 Å².